The predicted octanol–water partition coefficient (Wildman–Crippen LogP) is 1.55. The second-order valence-electron chi connectivity index (χ2n) is 2.23. The molecule has 1 unspecified atom stereocenters. The fourth-order valence-corrected chi connectivity index (χ4v) is 1.66. The lowest BCUT2D eigenvalue weighted by molar-refractivity contribution is 0.862. The molecule has 0 spiro atoms. The maximum absolute atomic E-state index is 5.42. The van der Waals surface area contributed by atoms with Crippen LogP contribution in [0.2, 0.25) is 0 Å². The van der Waals surface area contributed by atoms with Crippen molar-refractivity contribution in [1.29, 1.82) is 0 Å². The molecule has 0 radical (unpaired) electrons. The largest absolute Gasteiger partial charge is 0.329 e. The maximum atomic E-state index is 5.42. The summed E-state index contributed by atoms with van der Waals surface area (Å²) in [5, 5.41) is 4.53. The summed E-state index contributed by atoms with van der Waals surface area (Å²) in [5.41, 5.74) is 6.76. The summed E-state index contributed by atoms with van der Waals surface area (Å²) in [5.74, 6) is 0. The summed E-state index contributed by atoms with van der Waals surface area (Å²) in [6, 6.07) is 2.11. The first kappa shape index (κ1) is 8.11. The van der Waals surface area contributed by atoms with Crippen LogP contribution in [0.25, 0.3) is 0 Å². The number of hydrogen-bond donors (Lipinski definition) is 2. The van der Waals surface area contributed by atoms with E-state index in [0.29, 0.717) is 11.8 Å². The van der Waals surface area contributed by atoms with Crippen LogP contribution in [0.5, 0.6) is 0 Å². The molecule has 3 heteroatoms. The average Bonchev–Trinajstić information content (AvgIpc) is 2.40. The smallest absolute Gasteiger partial charge is 0.0180 e. The molecule has 56 valence electrons. The van der Waals surface area contributed by atoms with E-state index in [2.05, 4.69) is 29.5 Å². The summed E-state index contributed by atoms with van der Waals surface area (Å²) in [4.78, 5) is 0. The second-order valence-corrected chi connectivity index (χ2v) is 3.74. The topological polar surface area (TPSA) is 26.0 Å². The maximum Gasteiger partial charge on any atom is 0.0180 e. The molecule has 1 aromatic heterocycles. The predicted molar refractivity (Wildman–Crippen MR) is 49.9 cm³/mol. The third-order valence-corrected chi connectivity index (χ3v) is 2.45. The number of rotatable bonds is 3. The van der Waals surface area contributed by atoms with Crippen LogP contribution in [0.1, 0.15) is 5.56 Å². The molecule has 10 heavy (non-hydrogen) atoms. The highest BCUT2D eigenvalue weighted by atomic mass is 32.1. The Hall–Kier alpha value is 0.01000. The Kier molecular flexibility index (Phi) is 3.25. The molecule has 0 aromatic carbocycles. The minimum Gasteiger partial charge on any atom is -0.329 e. The number of nitrogens with two attached hydrogens (primary N) is 1. The average molecular weight is 173 g/mol. The van der Waals surface area contributed by atoms with Crippen molar-refractivity contribution in [2.45, 2.75) is 11.7 Å². The van der Waals surface area contributed by atoms with E-state index in [4.69, 9.17) is 5.73 Å². The van der Waals surface area contributed by atoms with E-state index >= 15 is 0 Å². The highest BCUT2D eigenvalue weighted by Crippen LogP contribution is 2.10. The van der Waals surface area contributed by atoms with E-state index in [9.17, 15) is 0 Å². The molecule has 1 heterocycles. The zero-order chi connectivity index (χ0) is 7.40. The van der Waals surface area contributed by atoms with Gasteiger partial charge in [0.05, 0.1) is 0 Å². The van der Waals surface area contributed by atoms with Crippen LogP contribution in [0.15, 0.2) is 16.8 Å². The lowest BCUT2D eigenvalue weighted by Gasteiger charge is -2.03. The first-order valence-electron chi connectivity index (χ1n) is 3.22. The summed E-state index contributed by atoms with van der Waals surface area (Å²) in [7, 11) is 0. The molecule has 0 aliphatic rings. The highest BCUT2D eigenvalue weighted by Gasteiger charge is 2.00. The van der Waals surface area contributed by atoms with Gasteiger partial charge in [-0.15, -0.1) is 0 Å². The van der Waals surface area contributed by atoms with E-state index in [1.54, 1.807) is 11.3 Å². The van der Waals surface area contributed by atoms with Gasteiger partial charge >= 0.3 is 0 Å². The first-order chi connectivity index (χ1) is 4.83. The second kappa shape index (κ2) is 4.01. The fraction of sp³-hybridized carbons (Fsp3) is 0.429. The van der Waals surface area contributed by atoms with Gasteiger partial charge in [0.15, 0.2) is 0 Å². The van der Waals surface area contributed by atoms with Crippen LogP contribution in [0.4, 0.5) is 0 Å². The Morgan fingerprint density at radius 2 is 2.50 bits per heavy atom. The van der Waals surface area contributed by atoms with Gasteiger partial charge in [0.1, 0.15) is 0 Å². The molecular formula is C7H11NS2. The molecule has 0 fully saturated rings. The molecule has 1 nitrogen and oxygen atoms in total. The molecule has 0 bridgehead atoms. The SMILES string of the molecule is NCC(S)Cc1ccsc1. The zero-order valence-electron chi connectivity index (χ0n) is 5.66. The van der Waals surface area contributed by atoms with Gasteiger partial charge in [-0.25, -0.2) is 0 Å². The summed E-state index contributed by atoms with van der Waals surface area (Å²) in [6.07, 6.45) is 0.989. The van der Waals surface area contributed by atoms with E-state index in [-0.39, 0.29) is 0 Å². The third kappa shape index (κ3) is 2.33. The van der Waals surface area contributed by atoms with Crippen molar-refractivity contribution < 1.29 is 0 Å². The molecule has 0 aliphatic heterocycles. The van der Waals surface area contributed by atoms with Crippen LogP contribution in [-0.2, 0) is 6.42 Å². The highest BCUT2D eigenvalue weighted by molar-refractivity contribution is 7.81. The van der Waals surface area contributed by atoms with Gasteiger partial charge in [-0.2, -0.15) is 24.0 Å². The van der Waals surface area contributed by atoms with Crippen molar-refractivity contribution in [2.75, 3.05) is 6.54 Å². The third-order valence-electron chi connectivity index (χ3n) is 1.32. The van der Waals surface area contributed by atoms with Gasteiger partial charge in [-0.05, 0) is 28.8 Å². The van der Waals surface area contributed by atoms with E-state index in [1.165, 1.54) is 5.56 Å². The standard InChI is InChI=1S/C7H11NS2/c8-4-7(9)3-6-1-2-10-5-6/h1-2,5,7,9H,3-4,8H2. The molecule has 2 N–H and O–H groups in total. The molecule has 0 saturated carbocycles. The Balaban J connectivity index is 2.40. The zero-order valence-corrected chi connectivity index (χ0v) is 7.37. The molecule has 0 amide bonds. The van der Waals surface area contributed by atoms with Crippen molar-refractivity contribution in [3.63, 3.8) is 0 Å². The van der Waals surface area contributed by atoms with Crippen LogP contribution in [-0.4, -0.2) is 11.8 Å². The quantitative estimate of drug-likeness (QED) is 0.666. The van der Waals surface area contributed by atoms with Gasteiger partial charge in [0.2, 0.25) is 0 Å². The first-order valence-corrected chi connectivity index (χ1v) is 4.68. The van der Waals surface area contributed by atoms with Gasteiger partial charge in [-0.3, -0.25) is 0 Å². The molecular weight excluding hydrogens is 162 g/mol. The van der Waals surface area contributed by atoms with Gasteiger partial charge < -0.3 is 5.73 Å². The van der Waals surface area contributed by atoms with Crippen LogP contribution in [0.3, 0.4) is 0 Å². The van der Waals surface area contributed by atoms with Crippen molar-refractivity contribution in [3.8, 4) is 0 Å². The van der Waals surface area contributed by atoms with Crippen LogP contribution in [0, 0.1) is 0 Å². The lowest BCUT2D eigenvalue weighted by atomic mass is 10.2. The minimum absolute atomic E-state index is 0.314. The molecule has 0 saturated heterocycles. The van der Waals surface area contributed by atoms with Crippen LogP contribution < -0.4 is 5.73 Å². The van der Waals surface area contributed by atoms with Gasteiger partial charge in [-0.1, -0.05) is 0 Å². The Morgan fingerprint density at radius 1 is 1.70 bits per heavy atom. The monoisotopic (exact) mass is 173 g/mol. The van der Waals surface area contributed by atoms with Crippen LogP contribution >= 0.6 is 24.0 Å². The van der Waals surface area contributed by atoms with E-state index in [1.807, 2.05) is 0 Å². The Bertz CT molecular complexity index is 172. The Morgan fingerprint density at radius 3 is 3.00 bits per heavy atom. The molecule has 1 atom stereocenters. The van der Waals surface area contributed by atoms with E-state index < -0.39 is 0 Å². The fourth-order valence-electron chi connectivity index (χ4n) is 0.764. The van der Waals surface area contributed by atoms with Crippen molar-refractivity contribution in [2.24, 2.45) is 5.73 Å². The van der Waals surface area contributed by atoms with E-state index in [0.717, 1.165) is 6.42 Å². The summed E-state index contributed by atoms with van der Waals surface area (Å²) < 4.78 is 0. The summed E-state index contributed by atoms with van der Waals surface area (Å²) >= 11 is 6.01. The molecule has 1 rings (SSSR count). The Labute approximate surface area is 70.7 Å². The van der Waals surface area contributed by atoms with Crippen molar-refractivity contribution in [1.82, 2.24) is 0 Å². The van der Waals surface area contributed by atoms with Gasteiger partial charge in [0, 0.05) is 11.8 Å². The molecule has 0 aliphatic carbocycles. The van der Waals surface area contributed by atoms with Crippen molar-refractivity contribution >= 4 is 24.0 Å². The minimum atomic E-state index is 0.314. The van der Waals surface area contributed by atoms with Gasteiger partial charge in [0.25, 0.3) is 0 Å². The lowest BCUT2D eigenvalue weighted by Crippen LogP contribution is -2.16. The number of thiophene rings is 1. The molecule has 1 aromatic rings. The number of hydrogen-bond acceptors (Lipinski definition) is 3. The van der Waals surface area contributed by atoms with Crippen molar-refractivity contribution in [3.05, 3.63) is 22.4 Å². The normalized spacial score (nSPS) is 13.4. The summed E-state index contributed by atoms with van der Waals surface area (Å²) in [6.45, 7) is 0.652. The number of thiol groups is 1.